The topological polar surface area (TPSA) is 9.49 Å². The molecule has 2 heterocycles. The van der Waals surface area contributed by atoms with E-state index in [9.17, 15) is 0 Å². The summed E-state index contributed by atoms with van der Waals surface area (Å²) in [6, 6.07) is 0. The van der Waals surface area contributed by atoms with Crippen molar-refractivity contribution in [1.29, 1.82) is 0 Å². The van der Waals surface area contributed by atoms with E-state index in [2.05, 4.69) is 33.8 Å². The smallest absolute Gasteiger partial charge is 0.310 e. The molecule has 1 radical (unpaired) electrons. The van der Waals surface area contributed by atoms with Crippen molar-refractivity contribution < 1.29 is 4.49 Å². The van der Waals surface area contributed by atoms with Crippen molar-refractivity contribution in [3.8, 4) is 0 Å². The molecule has 0 spiro atoms. The summed E-state index contributed by atoms with van der Waals surface area (Å²) in [4.78, 5) is 4.74. The molecule has 3 nitrogen and oxygen atoms in total. The first-order valence-corrected chi connectivity index (χ1v) is 4.92. The van der Waals surface area contributed by atoms with E-state index in [1.165, 1.54) is 25.5 Å². The molecular formula is C7H14BN3S+. The number of rotatable bonds is 1. The second-order valence-corrected chi connectivity index (χ2v) is 3.60. The van der Waals surface area contributed by atoms with Gasteiger partial charge in [-0.25, -0.2) is 0 Å². The Balaban J connectivity index is 2.23. The van der Waals surface area contributed by atoms with Crippen LogP contribution in [0.25, 0.3) is 0 Å². The molecule has 0 aromatic carbocycles. The minimum absolute atomic E-state index is 1.09. The molecule has 0 aliphatic carbocycles. The van der Waals surface area contributed by atoms with Crippen LogP contribution in [0.3, 0.4) is 0 Å². The van der Waals surface area contributed by atoms with E-state index >= 15 is 0 Å². The van der Waals surface area contributed by atoms with Crippen molar-refractivity contribution in [3.05, 3.63) is 0 Å². The highest BCUT2D eigenvalue weighted by Gasteiger charge is 2.34. The molecule has 0 amide bonds. The maximum Gasteiger partial charge on any atom is 0.423 e. The Labute approximate surface area is 79.6 Å². The van der Waals surface area contributed by atoms with E-state index < -0.39 is 0 Å². The fourth-order valence-electron chi connectivity index (χ4n) is 1.99. The van der Waals surface area contributed by atoms with Gasteiger partial charge >= 0.3 is 12.7 Å². The molecule has 0 saturated carbocycles. The van der Waals surface area contributed by atoms with Crippen LogP contribution in [-0.2, 0) is 0 Å². The summed E-state index contributed by atoms with van der Waals surface area (Å²) >= 11 is 4.20. The van der Waals surface area contributed by atoms with Crippen LogP contribution in [0.2, 0.25) is 0 Å². The van der Waals surface area contributed by atoms with Crippen molar-refractivity contribution in [2.75, 3.05) is 33.2 Å². The molecule has 0 unspecified atom stereocenters. The molecule has 2 rings (SSSR count). The Kier molecular flexibility index (Phi) is 2.21. The standard InChI is InChI=1S/C7H14BN3S/c1-9-3-2-4-10-5-6-11(8-12)7(9)10/h12H,2-6H2,1H3/q+1. The van der Waals surface area contributed by atoms with Crippen molar-refractivity contribution in [1.82, 2.24) is 9.80 Å². The first-order valence-electron chi connectivity index (χ1n) is 4.40. The summed E-state index contributed by atoms with van der Waals surface area (Å²) in [6.07, 6.45) is 1.28. The Bertz CT molecular complexity index is 219. The lowest BCUT2D eigenvalue weighted by Gasteiger charge is -2.26. The summed E-state index contributed by atoms with van der Waals surface area (Å²) in [7, 11) is 2.15. The average molecular weight is 183 g/mol. The third kappa shape index (κ3) is 1.20. The van der Waals surface area contributed by atoms with Gasteiger partial charge in [-0.2, -0.15) is 12.5 Å². The lowest BCUT2D eigenvalue weighted by molar-refractivity contribution is -0.370. The summed E-state index contributed by atoms with van der Waals surface area (Å²) in [6.45, 7) is 6.48. The number of thiol groups is 1. The zero-order chi connectivity index (χ0) is 8.55. The second kappa shape index (κ2) is 3.20. The van der Waals surface area contributed by atoms with Crippen LogP contribution >= 0.6 is 12.5 Å². The highest BCUT2D eigenvalue weighted by atomic mass is 32.1. The van der Waals surface area contributed by atoms with Gasteiger partial charge in [-0.05, 0) is 0 Å². The highest BCUT2D eigenvalue weighted by Crippen LogP contribution is 2.11. The van der Waals surface area contributed by atoms with Gasteiger partial charge in [0.2, 0.25) is 0 Å². The zero-order valence-electron chi connectivity index (χ0n) is 7.40. The SMILES string of the molecule is CN1CCCN2CC[N+]([B]S)=C12. The molecule has 0 bridgehead atoms. The Morgan fingerprint density at radius 1 is 1.42 bits per heavy atom. The van der Waals surface area contributed by atoms with Crippen molar-refractivity contribution >= 4 is 25.1 Å². The van der Waals surface area contributed by atoms with Crippen LogP contribution in [-0.4, -0.2) is 60.2 Å². The maximum absolute atomic E-state index is 4.20. The van der Waals surface area contributed by atoms with Gasteiger partial charge < -0.3 is 4.49 Å². The molecule has 0 aromatic rings. The van der Waals surface area contributed by atoms with Crippen LogP contribution < -0.4 is 0 Å². The van der Waals surface area contributed by atoms with Gasteiger partial charge in [0.25, 0.3) is 0 Å². The predicted octanol–water partition coefficient (Wildman–Crippen LogP) is -0.530. The lowest BCUT2D eigenvalue weighted by atomic mass is 10.3. The van der Waals surface area contributed by atoms with Crippen LogP contribution in [0.15, 0.2) is 0 Å². The predicted molar refractivity (Wildman–Crippen MR) is 53.7 cm³/mol. The molecule has 12 heavy (non-hydrogen) atoms. The van der Waals surface area contributed by atoms with Gasteiger partial charge in [0.15, 0.2) is 0 Å². The Morgan fingerprint density at radius 3 is 3.00 bits per heavy atom. The van der Waals surface area contributed by atoms with Gasteiger partial charge in [-0.3, -0.25) is 9.80 Å². The van der Waals surface area contributed by atoms with E-state index in [0.717, 1.165) is 13.1 Å². The van der Waals surface area contributed by atoms with Gasteiger partial charge in [0, 0.05) is 6.42 Å². The Hall–Kier alpha value is -0.315. The first-order chi connectivity index (χ1) is 5.83. The van der Waals surface area contributed by atoms with Crippen LogP contribution in [0.4, 0.5) is 0 Å². The maximum atomic E-state index is 4.20. The normalized spacial score (nSPS) is 23.2. The number of hydrogen-bond donors (Lipinski definition) is 1. The van der Waals surface area contributed by atoms with Gasteiger partial charge in [-0.15, -0.1) is 0 Å². The highest BCUT2D eigenvalue weighted by molar-refractivity contribution is 8.05. The zero-order valence-corrected chi connectivity index (χ0v) is 8.30. The molecule has 1 fully saturated rings. The van der Waals surface area contributed by atoms with E-state index in [4.69, 9.17) is 0 Å². The molecule has 0 atom stereocenters. The minimum atomic E-state index is 1.09. The summed E-state index contributed by atoms with van der Waals surface area (Å²) < 4.78 is 2.21. The fraction of sp³-hybridized carbons (Fsp3) is 0.857. The summed E-state index contributed by atoms with van der Waals surface area (Å²) in [5.74, 6) is 1.33. The molecule has 1 saturated heterocycles. The average Bonchev–Trinajstić information content (AvgIpc) is 2.49. The van der Waals surface area contributed by atoms with Crippen molar-refractivity contribution in [2.45, 2.75) is 6.42 Å². The molecule has 2 aliphatic heterocycles. The number of guanidine groups is 1. The van der Waals surface area contributed by atoms with Crippen LogP contribution in [0.5, 0.6) is 0 Å². The van der Waals surface area contributed by atoms with Gasteiger partial charge in [0.05, 0.1) is 33.2 Å². The third-order valence-electron chi connectivity index (χ3n) is 2.55. The van der Waals surface area contributed by atoms with E-state index in [1.54, 1.807) is 0 Å². The number of fused-ring (bicyclic) bond motifs is 1. The van der Waals surface area contributed by atoms with Crippen LogP contribution in [0, 0.1) is 0 Å². The van der Waals surface area contributed by atoms with Gasteiger partial charge in [0.1, 0.15) is 0 Å². The second-order valence-electron chi connectivity index (χ2n) is 3.37. The van der Waals surface area contributed by atoms with Crippen LogP contribution in [0.1, 0.15) is 6.42 Å². The van der Waals surface area contributed by atoms with Crippen molar-refractivity contribution in [2.24, 2.45) is 0 Å². The molecule has 0 aromatic heterocycles. The quantitative estimate of drug-likeness (QED) is 0.432. The number of hydrogen-bond acceptors (Lipinski definition) is 3. The largest absolute Gasteiger partial charge is 0.423 e. The number of nitrogens with zero attached hydrogens (tertiary/aromatic N) is 3. The fourth-order valence-corrected chi connectivity index (χ4v) is 2.21. The van der Waals surface area contributed by atoms with E-state index in [0.29, 0.717) is 0 Å². The van der Waals surface area contributed by atoms with E-state index in [1.807, 2.05) is 6.69 Å². The Morgan fingerprint density at radius 2 is 2.25 bits per heavy atom. The molecule has 0 N–H and O–H groups in total. The molecule has 5 heteroatoms. The molecule has 2 aliphatic rings. The van der Waals surface area contributed by atoms with Gasteiger partial charge in [-0.1, -0.05) is 0 Å². The molecule has 65 valence electrons. The summed E-state index contributed by atoms with van der Waals surface area (Å²) in [5.41, 5.74) is 0. The lowest BCUT2D eigenvalue weighted by Crippen LogP contribution is -2.48. The minimum Gasteiger partial charge on any atom is -0.310 e. The van der Waals surface area contributed by atoms with E-state index in [-0.39, 0.29) is 0 Å². The monoisotopic (exact) mass is 183 g/mol. The summed E-state index contributed by atoms with van der Waals surface area (Å²) in [5, 5.41) is 0. The van der Waals surface area contributed by atoms with Crippen molar-refractivity contribution in [3.63, 3.8) is 0 Å². The third-order valence-corrected chi connectivity index (χ3v) is 2.83. The molecular weight excluding hydrogens is 169 g/mol. The first kappa shape index (κ1) is 8.29.